The molecular weight excluding hydrogens is 428 g/mol. The molecule has 0 spiro atoms. The van der Waals surface area contributed by atoms with Gasteiger partial charge in [-0.05, 0) is 63.6 Å². The third-order valence-electron chi connectivity index (χ3n) is 6.91. The van der Waals surface area contributed by atoms with E-state index in [1.807, 2.05) is 19.1 Å². The summed E-state index contributed by atoms with van der Waals surface area (Å²) in [6.07, 6.45) is 4.76. The van der Waals surface area contributed by atoms with E-state index in [1.165, 1.54) is 5.56 Å². The van der Waals surface area contributed by atoms with Crippen LogP contribution in [0.4, 0.5) is 11.9 Å². The van der Waals surface area contributed by atoms with Gasteiger partial charge in [-0.3, -0.25) is 14.7 Å². The molecule has 3 N–H and O–H groups in total. The molecule has 1 aromatic heterocycles. The van der Waals surface area contributed by atoms with Gasteiger partial charge < -0.3 is 15.4 Å². The molecule has 174 valence electrons. The van der Waals surface area contributed by atoms with Crippen molar-refractivity contribution in [1.82, 2.24) is 20.1 Å². The molecule has 2 aliphatic rings. The highest BCUT2D eigenvalue weighted by Gasteiger charge is 2.45. The molecule has 0 bridgehead atoms. The molecule has 8 nitrogen and oxygen atoms in total. The lowest BCUT2D eigenvalue weighted by Crippen LogP contribution is -2.57. The molecule has 1 unspecified atom stereocenters. The lowest BCUT2D eigenvalue weighted by molar-refractivity contribution is -0.160. The lowest BCUT2D eigenvalue weighted by atomic mass is 9.77. The van der Waals surface area contributed by atoms with Crippen LogP contribution in [0, 0.1) is 5.41 Å². The first-order chi connectivity index (χ1) is 15.4. The Kier molecular flexibility index (Phi) is 6.90. The molecule has 1 aromatic carbocycles. The number of rotatable bonds is 6. The first-order valence-corrected chi connectivity index (χ1v) is 11.9. The Morgan fingerprint density at radius 3 is 2.59 bits per heavy atom. The summed E-state index contributed by atoms with van der Waals surface area (Å²) < 4.78 is 5.44. The van der Waals surface area contributed by atoms with Gasteiger partial charge in [-0.2, -0.15) is 0 Å². The monoisotopic (exact) mass is 460 g/mol. The number of nitrogen functional groups attached to an aromatic ring is 1. The zero-order valence-corrected chi connectivity index (χ0v) is 19.6. The molecule has 0 aliphatic carbocycles. The van der Waals surface area contributed by atoms with Crippen molar-refractivity contribution in [3.8, 4) is 0 Å². The Morgan fingerprint density at radius 1 is 1.25 bits per heavy atom. The highest BCUT2D eigenvalue weighted by molar-refractivity contribution is 6.30. The minimum Gasteiger partial charge on any atom is -0.466 e. The molecule has 2 atom stereocenters. The molecule has 2 aliphatic heterocycles. The van der Waals surface area contributed by atoms with Crippen LogP contribution in [-0.4, -0.2) is 64.4 Å². The minimum atomic E-state index is -0.469. The second kappa shape index (κ2) is 9.67. The van der Waals surface area contributed by atoms with E-state index in [2.05, 4.69) is 44.0 Å². The first kappa shape index (κ1) is 22.9. The number of carbonyl (C=O) groups excluding carboxylic acids is 1. The van der Waals surface area contributed by atoms with Gasteiger partial charge in [0, 0.05) is 36.7 Å². The summed E-state index contributed by atoms with van der Waals surface area (Å²) in [5.41, 5.74) is 6.50. The zero-order chi connectivity index (χ0) is 22.7. The van der Waals surface area contributed by atoms with Gasteiger partial charge in [0.15, 0.2) is 0 Å². The Bertz CT molecular complexity index is 911. The van der Waals surface area contributed by atoms with Gasteiger partial charge in [-0.1, -0.05) is 23.7 Å². The van der Waals surface area contributed by atoms with Crippen LogP contribution in [0.1, 0.15) is 45.1 Å². The molecule has 3 heterocycles. The number of anilines is 2. The average Bonchev–Trinajstić information content (AvgIpc) is 3.23. The first-order valence-electron chi connectivity index (χ1n) is 11.5. The maximum atomic E-state index is 12.8. The van der Waals surface area contributed by atoms with Crippen molar-refractivity contribution >= 4 is 29.5 Å². The van der Waals surface area contributed by atoms with Crippen molar-refractivity contribution in [3.63, 3.8) is 0 Å². The number of aromatic amines is 1. The number of carbonyl (C=O) groups is 1. The summed E-state index contributed by atoms with van der Waals surface area (Å²) >= 11 is 6.09. The number of nitrogens with one attached hydrogen (secondary N) is 1. The Labute approximate surface area is 194 Å². The van der Waals surface area contributed by atoms with Crippen molar-refractivity contribution in [2.75, 3.05) is 36.9 Å². The fraction of sp³-hybridized carbons (Fsp3) is 0.609. The number of esters is 1. The minimum absolute atomic E-state index is 0.0792. The van der Waals surface area contributed by atoms with E-state index in [9.17, 15) is 4.79 Å². The normalized spacial score (nSPS) is 25.1. The van der Waals surface area contributed by atoms with Crippen LogP contribution in [0.3, 0.4) is 0 Å². The fourth-order valence-corrected chi connectivity index (χ4v) is 5.22. The predicted octanol–water partition coefficient (Wildman–Crippen LogP) is 3.29. The SMILES string of the molecule is CCOC(=O)C1(C)CC[C@H](Cc2ccc(Cl)cc2)N(C2CCN(c3nnc(N)[nH]3)CC2)C1. The Balaban J connectivity index is 1.49. The van der Waals surface area contributed by atoms with Crippen molar-refractivity contribution in [3.05, 3.63) is 34.9 Å². The molecule has 0 saturated carbocycles. The van der Waals surface area contributed by atoms with E-state index < -0.39 is 5.41 Å². The van der Waals surface area contributed by atoms with E-state index in [1.54, 1.807) is 0 Å². The van der Waals surface area contributed by atoms with E-state index in [0.29, 0.717) is 24.6 Å². The Hall–Kier alpha value is -2.32. The zero-order valence-electron chi connectivity index (χ0n) is 18.9. The van der Waals surface area contributed by atoms with Crippen LogP contribution in [0.25, 0.3) is 0 Å². The van der Waals surface area contributed by atoms with Crippen LogP contribution in [0.15, 0.2) is 24.3 Å². The molecule has 0 radical (unpaired) electrons. The van der Waals surface area contributed by atoms with Gasteiger partial charge in [0.1, 0.15) is 0 Å². The predicted molar refractivity (Wildman–Crippen MR) is 126 cm³/mol. The number of aromatic nitrogens is 3. The van der Waals surface area contributed by atoms with Crippen molar-refractivity contribution < 1.29 is 9.53 Å². The van der Waals surface area contributed by atoms with E-state index in [0.717, 1.165) is 62.7 Å². The number of likely N-dealkylation sites (tertiary alicyclic amines) is 1. The number of nitrogens with zero attached hydrogens (tertiary/aromatic N) is 4. The second-order valence-electron chi connectivity index (χ2n) is 9.23. The molecular formula is C23H33ClN6O2. The van der Waals surface area contributed by atoms with Gasteiger partial charge in [0.25, 0.3) is 0 Å². The third kappa shape index (κ3) is 5.02. The molecule has 4 rings (SSSR count). The largest absolute Gasteiger partial charge is 0.466 e. The quantitative estimate of drug-likeness (QED) is 0.638. The summed E-state index contributed by atoms with van der Waals surface area (Å²) in [7, 11) is 0. The van der Waals surface area contributed by atoms with Gasteiger partial charge >= 0.3 is 5.97 Å². The van der Waals surface area contributed by atoms with Gasteiger partial charge in [-0.15, -0.1) is 10.2 Å². The standard InChI is InChI=1S/C23H33ClN6O2/c1-3-32-20(31)23(2)11-8-19(14-16-4-6-17(24)7-5-16)30(15-23)18-9-12-29(13-10-18)22-26-21(25)27-28-22/h4-7,18-19H,3,8-15H2,1-2H3,(H3,25,26,27,28)/t19-,23?/m1/s1. The van der Waals surface area contributed by atoms with Gasteiger partial charge in [0.2, 0.25) is 11.9 Å². The number of benzene rings is 1. The number of H-pyrrole nitrogens is 1. The third-order valence-corrected chi connectivity index (χ3v) is 7.16. The second-order valence-corrected chi connectivity index (χ2v) is 9.67. The number of piperidine rings is 2. The number of halogens is 1. The molecule has 32 heavy (non-hydrogen) atoms. The average molecular weight is 461 g/mol. The van der Waals surface area contributed by atoms with Crippen LogP contribution in [-0.2, 0) is 16.0 Å². The summed E-state index contributed by atoms with van der Waals surface area (Å²) in [4.78, 5) is 20.6. The summed E-state index contributed by atoms with van der Waals surface area (Å²) in [6, 6.07) is 8.91. The summed E-state index contributed by atoms with van der Waals surface area (Å²) in [6.45, 7) is 6.82. The van der Waals surface area contributed by atoms with Crippen LogP contribution >= 0.6 is 11.6 Å². The maximum absolute atomic E-state index is 12.8. The lowest BCUT2D eigenvalue weighted by Gasteiger charge is -2.49. The van der Waals surface area contributed by atoms with Crippen molar-refractivity contribution in [1.29, 1.82) is 0 Å². The molecule has 2 saturated heterocycles. The van der Waals surface area contributed by atoms with Gasteiger partial charge in [0.05, 0.1) is 12.0 Å². The smallest absolute Gasteiger partial charge is 0.313 e. The molecule has 2 fully saturated rings. The van der Waals surface area contributed by atoms with E-state index >= 15 is 0 Å². The van der Waals surface area contributed by atoms with Crippen molar-refractivity contribution in [2.45, 2.75) is 58.0 Å². The summed E-state index contributed by atoms with van der Waals surface area (Å²) in [5.74, 6) is 0.990. The molecule has 2 aromatic rings. The molecule has 9 heteroatoms. The highest BCUT2D eigenvalue weighted by Crippen LogP contribution is 2.38. The maximum Gasteiger partial charge on any atom is 0.313 e. The number of hydrogen-bond donors (Lipinski definition) is 2. The van der Waals surface area contributed by atoms with E-state index in [4.69, 9.17) is 22.1 Å². The number of hydrogen-bond acceptors (Lipinski definition) is 7. The Morgan fingerprint density at radius 2 is 1.97 bits per heavy atom. The summed E-state index contributed by atoms with van der Waals surface area (Å²) in [5, 5.41) is 8.77. The molecule has 0 amide bonds. The van der Waals surface area contributed by atoms with Crippen molar-refractivity contribution in [2.24, 2.45) is 5.41 Å². The fourth-order valence-electron chi connectivity index (χ4n) is 5.09. The van der Waals surface area contributed by atoms with E-state index in [-0.39, 0.29) is 5.97 Å². The number of ether oxygens (including phenoxy) is 1. The number of nitrogens with two attached hydrogens (primary N) is 1. The van der Waals surface area contributed by atoms with Crippen LogP contribution in [0.5, 0.6) is 0 Å². The van der Waals surface area contributed by atoms with Gasteiger partial charge in [-0.25, -0.2) is 0 Å². The topological polar surface area (TPSA) is 100 Å². The highest BCUT2D eigenvalue weighted by atomic mass is 35.5. The van der Waals surface area contributed by atoms with Crippen LogP contribution in [0.2, 0.25) is 5.02 Å². The van der Waals surface area contributed by atoms with Crippen LogP contribution < -0.4 is 10.6 Å².